The van der Waals surface area contributed by atoms with Crippen LogP contribution < -0.4 is 0 Å². The van der Waals surface area contributed by atoms with Crippen LogP contribution in [0.4, 0.5) is 8.78 Å². The first-order valence-corrected chi connectivity index (χ1v) is 6.22. The predicted octanol–water partition coefficient (Wildman–Crippen LogP) is 4.32. The van der Waals surface area contributed by atoms with Crippen LogP contribution in [0.2, 0.25) is 5.02 Å². The summed E-state index contributed by atoms with van der Waals surface area (Å²) < 4.78 is 31.6. The fourth-order valence-corrected chi connectivity index (χ4v) is 2.84. The maximum absolute atomic E-state index is 13.2. The van der Waals surface area contributed by atoms with Crippen molar-refractivity contribution in [3.05, 3.63) is 34.4 Å². The topological polar surface area (TPSA) is 9.23 Å². The van der Waals surface area contributed by atoms with E-state index in [0.29, 0.717) is 12.2 Å². The van der Waals surface area contributed by atoms with Crippen LogP contribution in [-0.4, -0.2) is 12.7 Å². The predicted molar refractivity (Wildman–Crippen MR) is 63.5 cm³/mol. The number of hydrogen-bond acceptors (Lipinski definition) is 1. The molecule has 1 aliphatic heterocycles. The first kappa shape index (κ1) is 13.1. The lowest BCUT2D eigenvalue weighted by atomic mass is 9.97. The van der Waals surface area contributed by atoms with Crippen LogP contribution in [0.1, 0.15) is 24.3 Å². The highest BCUT2D eigenvalue weighted by Crippen LogP contribution is 2.39. The van der Waals surface area contributed by atoms with Gasteiger partial charge in [0.15, 0.2) is 11.6 Å². The number of ether oxygens (including phenoxy) is 1. The van der Waals surface area contributed by atoms with Gasteiger partial charge in [-0.05, 0) is 30.0 Å². The van der Waals surface area contributed by atoms with Crippen molar-refractivity contribution in [2.24, 2.45) is 5.92 Å². The molecule has 1 aliphatic rings. The Morgan fingerprint density at radius 1 is 1.35 bits per heavy atom. The van der Waals surface area contributed by atoms with E-state index in [1.165, 1.54) is 0 Å². The van der Waals surface area contributed by atoms with Crippen LogP contribution in [0.5, 0.6) is 0 Å². The summed E-state index contributed by atoms with van der Waals surface area (Å²) >= 11 is 12.1. The molecule has 3 unspecified atom stereocenters. The van der Waals surface area contributed by atoms with Crippen LogP contribution in [0.25, 0.3) is 0 Å². The molecule has 0 aromatic heterocycles. The second kappa shape index (κ2) is 5.09. The summed E-state index contributed by atoms with van der Waals surface area (Å²) in [4.78, 5) is 0. The fourth-order valence-electron chi connectivity index (χ4n) is 2.02. The van der Waals surface area contributed by atoms with Crippen LogP contribution in [-0.2, 0) is 4.74 Å². The molecule has 1 fully saturated rings. The molecule has 1 aromatic carbocycles. The quantitative estimate of drug-likeness (QED) is 0.579. The smallest absolute Gasteiger partial charge is 0.160 e. The van der Waals surface area contributed by atoms with Crippen molar-refractivity contribution in [1.29, 1.82) is 0 Å². The molecule has 1 heterocycles. The Bertz CT molecular complexity index is 425. The van der Waals surface area contributed by atoms with Crippen LogP contribution in [0, 0.1) is 17.6 Å². The number of rotatable bonds is 2. The average Bonchev–Trinajstić information content (AvgIpc) is 2.69. The maximum atomic E-state index is 13.2. The van der Waals surface area contributed by atoms with Gasteiger partial charge in [-0.3, -0.25) is 0 Å². The normalized spacial score (nSPS) is 26.2. The summed E-state index contributed by atoms with van der Waals surface area (Å²) in [6.45, 7) is 2.65. The highest BCUT2D eigenvalue weighted by molar-refractivity contribution is 6.32. The van der Waals surface area contributed by atoms with Crippen molar-refractivity contribution in [1.82, 2.24) is 0 Å². The standard InChI is InChI=1S/C12H12Cl2F2O/c1-6-2-3-17-12(6)11(14)7-4-9(15)10(16)5-8(7)13/h4-6,11-12H,2-3H2,1H3. The van der Waals surface area contributed by atoms with Crippen molar-refractivity contribution in [3.8, 4) is 0 Å². The van der Waals surface area contributed by atoms with Crippen molar-refractivity contribution in [3.63, 3.8) is 0 Å². The molecule has 0 amide bonds. The summed E-state index contributed by atoms with van der Waals surface area (Å²) in [6, 6.07) is 1.99. The lowest BCUT2D eigenvalue weighted by Gasteiger charge is -2.21. The van der Waals surface area contributed by atoms with Gasteiger partial charge in [0.1, 0.15) is 0 Å². The molecule has 5 heteroatoms. The van der Waals surface area contributed by atoms with Gasteiger partial charge < -0.3 is 4.74 Å². The number of alkyl halides is 1. The summed E-state index contributed by atoms with van der Waals surface area (Å²) in [7, 11) is 0. The number of benzene rings is 1. The zero-order chi connectivity index (χ0) is 12.6. The minimum Gasteiger partial charge on any atom is -0.376 e. The highest BCUT2D eigenvalue weighted by atomic mass is 35.5. The summed E-state index contributed by atoms with van der Waals surface area (Å²) in [5.74, 6) is -1.63. The zero-order valence-corrected chi connectivity index (χ0v) is 10.7. The molecule has 0 aliphatic carbocycles. The van der Waals surface area contributed by atoms with E-state index in [9.17, 15) is 8.78 Å². The number of halogens is 4. The SMILES string of the molecule is CC1CCOC1C(Cl)c1cc(F)c(F)cc1Cl. The summed E-state index contributed by atoms with van der Waals surface area (Å²) in [6.07, 6.45) is 0.703. The molecule has 17 heavy (non-hydrogen) atoms. The molecule has 1 saturated heterocycles. The Balaban J connectivity index is 2.30. The van der Waals surface area contributed by atoms with E-state index in [1.54, 1.807) is 0 Å². The van der Waals surface area contributed by atoms with Gasteiger partial charge in [-0.1, -0.05) is 18.5 Å². The second-order valence-electron chi connectivity index (χ2n) is 4.29. The monoisotopic (exact) mass is 280 g/mol. The molecule has 0 radical (unpaired) electrons. The molecule has 0 spiro atoms. The van der Waals surface area contributed by atoms with Crippen LogP contribution >= 0.6 is 23.2 Å². The van der Waals surface area contributed by atoms with Crippen LogP contribution in [0.3, 0.4) is 0 Å². The lowest BCUT2D eigenvalue weighted by Crippen LogP contribution is -2.20. The number of hydrogen-bond donors (Lipinski definition) is 0. The molecule has 1 aromatic rings. The Morgan fingerprint density at radius 3 is 2.59 bits per heavy atom. The molecule has 0 saturated carbocycles. The van der Waals surface area contributed by atoms with Gasteiger partial charge in [0, 0.05) is 11.6 Å². The Hall–Kier alpha value is -0.380. The lowest BCUT2D eigenvalue weighted by molar-refractivity contribution is 0.0903. The molecule has 1 nitrogen and oxygen atoms in total. The van der Waals surface area contributed by atoms with E-state index in [2.05, 4.69) is 0 Å². The van der Waals surface area contributed by atoms with Crippen molar-refractivity contribution in [2.75, 3.05) is 6.61 Å². The largest absolute Gasteiger partial charge is 0.376 e. The van der Waals surface area contributed by atoms with E-state index < -0.39 is 17.0 Å². The van der Waals surface area contributed by atoms with E-state index in [0.717, 1.165) is 18.6 Å². The van der Waals surface area contributed by atoms with Gasteiger partial charge in [0.2, 0.25) is 0 Å². The van der Waals surface area contributed by atoms with E-state index in [4.69, 9.17) is 27.9 Å². The van der Waals surface area contributed by atoms with Crippen molar-refractivity contribution >= 4 is 23.2 Å². The van der Waals surface area contributed by atoms with Crippen molar-refractivity contribution in [2.45, 2.75) is 24.8 Å². The molecule has 0 bridgehead atoms. The van der Waals surface area contributed by atoms with Gasteiger partial charge in [0.05, 0.1) is 11.5 Å². The molecular weight excluding hydrogens is 269 g/mol. The third-order valence-corrected chi connectivity index (χ3v) is 3.88. The molecule has 0 N–H and O–H groups in total. The van der Waals surface area contributed by atoms with Crippen molar-refractivity contribution < 1.29 is 13.5 Å². The Morgan fingerprint density at radius 2 is 2.00 bits per heavy atom. The van der Waals surface area contributed by atoms with Crippen LogP contribution in [0.15, 0.2) is 12.1 Å². The minimum absolute atomic E-state index is 0.131. The zero-order valence-electron chi connectivity index (χ0n) is 9.22. The summed E-state index contributed by atoms with van der Waals surface area (Å²) in [5, 5.41) is -0.429. The fraction of sp³-hybridized carbons (Fsp3) is 0.500. The van der Waals surface area contributed by atoms with E-state index >= 15 is 0 Å². The molecule has 94 valence electrons. The third-order valence-electron chi connectivity index (χ3n) is 3.07. The highest BCUT2D eigenvalue weighted by Gasteiger charge is 2.33. The Labute approximate surface area is 109 Å². The molecule has 2 rings (SSSR count). The van der Waals surface area contributed by atoms with Gasteiger partial charge >= 0.3 is 0 Å². The first-order chi connectivity index (χ1) is 8.00. The maximum Gasteiger partial charge on any atom is 0.160 e. The molecular formula is C12H12Cl2F2O. The van der Waals surface area contributed by atoms with Gasteiger partial charge in [-0.2, -0.15) is 0 Å². The molecule has 3 atom stereocenters. The average molecular weight is 281 g/mol. The minimum atomic E-state index is -0.969. The van der Waals surface area contributed by atoms with Gasteiger partial charge in [-0.15, -0.1) is 11.6 Å². The van der Waals surface area contributed by atoms with E-state index in [1.807, 2.05) is 6.92 Å². The summed E-state index contributed by atoms with van der Waals surface area (Å²) in [5.41, 5.74) is 0.381. The van der Waals surface area contributed by atoms with Gasteiger partial charge in [-0.25, -0.2) is 8.78 Å². The van der Waals surface area contributed by atoms with Gasteiger partial charge in [0.25, 0.3) is 0 Å². The second-order valence-corrected chi connectivity index (χ2v) is 5.17. The third kappa shape index (κ3) is 2.56. The first-order valence-electron chi connectivity index (χ1n) is 5.41. The Kier molecular flexibility index (Phi) is 3.91. The van der Waals surface area contributed by atoms with E-state index in [-0.39, 0.29) is 17.0 Å².